The summed E-state index contributed by atoms with van der Waals surface area (Å²) in [6.07, 6.45) is 1.53. The minimum atomic E-state index is -0.357. The normalized spacial score (nSPS) is 12.0. The molecule has 1 rings (SSSR count). The molecule has 0 aliphatic rings. The summed E-state index contributed by atoms with van der Waals surface area (Å²) in [7, 11) is 0. The van der Waals surface area contributed by atoms with Gasteiger partial charge in [0, 0.05) is 20.1 Å². The molecular formula is C10H15BrO2S. The van der Waals surface area contributed by atoms with E-state index in [9.17, 15) is 10.2 Å². The van der Waals surface area contributed by atoms with Gasteiger partial charge in [-0.05, 0) is 34.8 Å². The second-order valence-electron chi connectivity index (χ2n) is 3.58. The van der Waals surface area contributed by atoms with E-state index in [0.717, 1.165) is 17.3 Å². The molecule has 1 aromatic heterocycles. The molecule has 0 aliphatic heterocycles. The summed E-state index contributed by atoms with van der Waals surface area (Å²) in [5.74, 6) is 0. The third-order valence-corrected chi connectivity index (χ3v) is 4.29. The summed E-state index contributed by atoms with van der Waals surface area (Å²) in [6, 6.07) is 2.04. The van der Waals surface area contributed by atoms with Gasteiger partial charge in [0.05, 0.1) is 13.2 Å². The van der Waals surface area contributed by atoms with Crippen molar-refractivity contribution >= 4 is 27.3 Å². The summed E-state index contributed by atoms with van der Waals surface area (Å²) < 4.78 is 1.07. The molecule has 0 fully saturated rings. The molecule has 14 heavy (non-hydrogen) atoms. The average molecular weight is 279 g/mol. The van der Waals surface area contributed by atoms with Gasteiger partial charge in [0.15, 0.2) is 0 Å². The molecule has 0 amide bonds. The van der Waals surface area contributed by atoms with Crippen LogP contribution in [0.25, 0.3) is 0 Å². The molecule has 0 atom stereocenters. The molecule has 0 saturated heterocycles. The molecule has 0 bridgehead atoms. The zero-order chi connectivity index (χ0) is 10.6. The smallest absolute Gasteiger partial charge is 0.0512 e. The van der Waals surface area contributed by atoms with E-state index in [-0.39, 0.29) is 18.6 Å². The van der Waals surface area contributed by atoms with Crippen molar-refractivity contribution in [1.29, 1.82) is 0 Å². The van der Waals surface area contributed by atoms with Crippen molar-refractivity contribution in [1.82, 2.24) is 0 Å². The van der Waals surface area contributed by atoms with Gasteiger partial charge < -0.3 is 10.2 Å². The number of rotatable bonds is 5. The lowest BCUT2D eigenvalue weighted by Gasteiger charge is -2.27. The van der Waals surface area contributed by atoms with Crippen molar-refractivity contribution in [2.45, 2.75) is 19.8 Å². The molecular weight excluding hydrogens is 264 g/mol. The van der Waals surface area contributed by atoms with Crippen molar-refractivity contribution in [2.24, 2.45) is 5.41 Å². The number of hydrogen-bond donors (Lipinski definition) is 2. The SMILES string of the molecule is CCC(CO)(CO)Cc1cc(Br)cs1. The second-order valence-corrected chi connectivity index (χ2v) is 5.49. The van der Waals surface area contributed by atoms with E-state index in [4.69, 9.17) is 0 Å². The van der Waals surface area contributed by atoms with E-state index < -0.39 is 0 Å². The van der Waals surface area contributed by atoms with E-state index in [2.05, 4.69) is 15.9 Å². The third-order valence-electron chi connectivity index (χ3n) is 2.59. The zero-order valence-electron chi connectivity index (χ0n) is 8.16. The first-order valence-electron chi connectivity index (χ1n) is 4.60. The average Bonchev–Trinajstić information content (AvgIpc) is 2.61. The van der Waals surface area contributed by atoms with Crippen molar-refractivity contribution in [3.63, 3.8) is 0 Å². The number of thiophene rings is 1. The minimum absolute atomic E-state index is 0.0372. The third kappa shape index (κ3) is 2.79. The predicted octanol–water partition coefficient (Wildman–Crippen LogP) is 2.43. The first-order chi connectivity index (χ1) is 6.65. The molecule has 0 spiro atoms. The van der Waals surface area contributed by atoms with E-state index in [1.165, 1.54) is 4.88 Å². The Morgan fingerprint density at radius 3 is 2.43 bits per heavy atom. The minimum Gasteiger partial charge on any atom is -0.396 e. The fourth-order valence-corrected chi connectivity index (χ4v) is 2.95. The van der Waals surface area contributed by atoms with E-state index in [0.29, 0.717) is 0 Å². The Bertz CT molecular complexity index is 273. The largest absolute Gasteiger partial charge is 0.396 e. The van der Waals surface area contributed by atoms with E-state index in [1.54, 1.807) is 11.3 Å². The van der Waals surface area contributed by atoms with Crippen molar-refractivity contribution < 1.29 is 10.2 Å². The van der Waals surface area contributed by atoms with Gasteiger partial charge in [-0.25, -0.2) is 0 Å². The molecule has 0 aliphatic carbocycles. The lowest BCUT2D eigenvalue weighted by molar-refractivity contribution is 0.0520. The fourth-order valence-electron chi connectivity index (χ4n) is 1.33. The maximum atomic E-state index is 9.28. The number of aliphatic hydroxyl groups is 2. The van der Waals surface area contributed by atoms with Gasteiger partial charge in [-0.15, -0.1) is 11.3 Å². The molecule has 1 heterocycles. The molecule has 80 valence electrons. The van der Waals surface area contributed by atoms with Crippen LogP contribution in [0.5, 0.6) is 0 Å². The van der Waals surface area contributed by atoms with Crippen LogP contribution in [-0.2, 0) is 6.42 Å². The fraction of sp³-hybridized carbons (Fsp3) is 0.600. The summed E-state index contributed by atoms with van der Waals surface area (Å²) in [5, 5.41) is 20.6. The maximum absolute atomic E-state index is 9.28. The number of halogens is 1. The topological polar surface area (TPSA) is 40.5 Å². The highest BCUT2D eigenvalue weighted by atomic mass is 79.9. The van der Waals surface area contributed by atoms with Crippen LogP contribution >= 0.6 is 27.3 Å². The standard InChI is InChI=1S/C10H15BrO2S/c1-2-10(6-12,7-13)4-9-3-8(11)5-14-9/h3,5,12-13H,2,4,6-7H2,1H3. The zero-order valence-corrected chi connectivity index (χ0v) is 10.6. The second kappa shape index (κ2) is 5.26. The van der Waals surface area contributed by atoms with Crippen LogP contribution in [0, 0.1) is 5.41 Å². The summed E-state index contributed by atoms with van der Waals surface area (Å²) >= 11 is 5.04. The quantitative estimate of drug-likeness (QED) is 0.869. The van der Waals surface area contributed by atoms with Crippen LogP contribution in [0.2, 0.25) is 0 Å². The van der Waals surface area contributed by atoms with Gasteiger partial charge in [0.1, 0.15) is 0 Å². The Morgan fingerprint density at radius 1 is 1.43 bits per heavy atom. The van der Waals surface area contributed by atoms with Gasteiger partial charge in [-0.2, -0.15) is 0 Å². The Labute approximate surface area is 96.7 Å². The van der Waals surface area contributed by atoms with Crippen molar-refractivity contribution in [3.05, 3.63) is 20.8 Å². The van der Waals surface area contributed by atoms with Crippen LogP contribution < -0.4 is 0 Å². The Morgan fingerprint density at radius 2 is 2.07 bits per heavy atom. The lowest BCUT2D eigenvalue weighted by Crippen LogP contribution is -2.31. The van der Waals surface area contributed by atoms with Gasteiger partial charge in [0.2, 0.25) is 0 Å². The Balaban J connectivity index is 2.73. The van der Waals surface area contributed by atoms with Gasteiger partial charge in [-0.1, -0.05) is 6.92 Å². The highest BCUT2D eigenvalue weighted by Crippen LogP contribution is 2.30. The monoisotopic (exact) mass is 278 g/mol. The van der Waals surface area contributed by atoms with Crippen LogP contribution in [-0.4, -0.2) is 23.4 Å². The lowest BCUT2D eigenvalue weighted by atomic mass is 9.83. The maximum Gasteiger partial charge on any atom is 0.0512 e. The van der Waals surface area contributed by atoms with Crippen LogP contribution in [0.3, 0.4) is 0 Å². The van der Waals surface area contributed by atoms with Crippen LogP contribution in [0.15, 0.2) is 15.9 Å². The molecule has 0 radical (unpaired) electrons. The number of aliphatic hydroxyl groups excluding tert-OH is 2. The Hall–Kier alpha value is 0.1000. The molecule has 0 saturated carbocycles. The van der Waals surface area contributed by atoms with Gasteiger partial charge >= 0.3 is 0 Å². The van der Waals surface area contributed by atoms with Gasteiger partial charge in [-0.3, -0.25) is 0 Å². The predicted molar refractivity (Wildman–Crippen MR) is 62.6 cm³/mol. The number of hydrogen-bond acceptors (Lipinski definition) is 3. The molecule has 4 heteroatoms. The molecule has 2 N–H and O–H groups in total. The summed E-state index contributed by atoms with van der Waals surface area (Å²) in [6.45, 7) is 2.07. The van der Waals surface area contributed by atoms with Crippen molar-refractivity contribution in [3.8, 4) is 0 Å². The summed E-state index contributed by atoms with van der Waals surface area (Å²) in [4.78, 5) is 1.20. The van der Waals surface area contributed by atoms with Gasteiger partial charge in [0.25, 0.3) is 0 Å². The molecule has 0 unspecified atom stereocenters. The molecule has 0 aromatic carbocycles. The van der Waals surface area contributed by atoms with Crippen molar-refractivity contribution in [2.75, 3.05) is 13.2 Å². The Kier molecular flexibility index (Phi) is 4.57. The first-order valence-corrected chi connectivity index (χ1v) is 6.27. The summed E-state index contributed by atoms with van der Waals surface area (Å²) in [5.41, 5.74) is -0.357. The first kappa shape index (κ1) is 12.2. The van der Waals surface area contributed by atoms with E-state index >= 15 is 0 Å². The van der Waals surface area contributed by atoms with Crippen LogP contribution in [0.4, 0.5) is 0 Å². The molecule has 2 nitrogen and oxygen atoms in total. The highest BCUT2D eigenvalue weighted by molar-refractivity contribution is 9.10. The molecule has 1 aromatic rings. The highest BCUT2D eigenvalue weighted by Gasteiger charge is 2.27. The van der Waals surface area contributed by atoms with Crippen LogP contribution in [0.1, 0.15) is 18.2 Å². The van der Waals surface area contributed by atoms with E-state index in [1.807, 2.05) is 18.4 Å².